The fourth-order valence-corrected chi connectivity index (χ4v) is 2.94. The first-order chi connectivity index (χ1) is 8.84. The topological polar surface area (TPSA) is 61.0 Å². The Morgan fingerprint density at radius 3 is 2.67 bits per heavy atom. The van der Waals surface area contributed by atoms with Gasteiger partial charge in [0.15, 0.2) is 0 Å². The Bertz CT molecular complexity index is 406. The zero-order chi connectivity index (χ0) is 12.4. The Kier molecular flexibility index (Phi) is 3.31. The molecule has 1 aliphatic heterocycles. The predicted molar refractivity (Wildman–Crippen MR) is 69.4 cm³/mol. The van der Waals surface area contributed by atoms with Crippen molar-refractivity contribution in [2.24, 2.45) is 5.73 Å². The average molecular weight is 247 g/mol. The second kappa shape index (κ2) is 4.94. The number of aromatic nitrogens is 2. The van der Waals surface area contributed by atoms with Crippen molar-refractivity contribution in [2.45, 2.75) is 43.4 Å². The zero-order valence-electron chi connectivity index (χ0n) is 10.8. The van der Waals surface area contributed by atoms with Crippen LogP contribution < -0.4 is 5.73 Å². The van der Waals surface area contributed by atoms with Gasteiger partial charge in [0, 0.05) is 24.4 Å². The first-order valence-corrected chi connectivity index (χ1v) is 6.95. The lowest BCUT2D eigenvalue weighted by Crippen LogP contribution is -2.53. The highest BCUT2D eigenvalue weighted by Gasteiger charge is 2.42. The third kappa shape index (κ3) is 2.04. The average Bonchev–Trinajstić information content (AvgIpc) is 2.40. The van der Waals surface area contributed by atoms with E-state index >= 15 is 0 Å². The fourth-order valence-electron chi connectivity index (χ4n) is 2.94. The summed E-state index contributed by atoms with van der Waals surface area (Å²) >= 11 is 0. The molecule has 0 aromatic carbocycles. The Morgan fingerprint density at radius 1 is 1.28 bits per heavy atom. The van der Waals surface area contributed by atoms with Gasteiger partial charge in [-0.25, -0.2) is 9.97 Å². The molecule has 0 unspecified atom stereocenters. The molecule has 2 heterocycles. The SMILES string of the molecule is NCC1(c2nccc(C3CCCCC3)n2)COC1. The number of rotatable bonds is 3. The minimum Gasteiger partial charge on any atom is -0.379 e. The third-order valence-electron chi connectivity index (χ3n) is 4.32. The van der Waals surface area contributed by atoms with Crippen LogP contribution in [0.2, 0.25) is 0 Å². The summed E-state index contributed by atoms with van der Waals surface area (Å²) in [4.78, 5) is 9.22. The summed E-state index contributed by atoms with van der Waals surface area (Å²) in [5.41, 5.74) is 6.96. The molecule has 4 heteroatoms. The van der Waals surface area contributed by atoms with E-state index in [4.69, 9.17) is 15.5 Å². The Balaban J connectivity index is 1.84. The van der Waals surface area contributed by atoms with E-state index in [1.54, 1.807) is 0 Å². The molecule has 2 aliphatic rings. The van der Waals surface area contributed by atoms with Gasteiger partial charge in [-0.05, 0) is 18.9 Å². The van der Waals surface area contributed by atoms with Gasteiger partial charge in [0.25, 0.3) is 0 Å². The molecule has 98 valence electrons. The molecular formula is C14H21N3O. The molecule has 1 aliphatic carbocycles. The molecule has 1 aromatic rings. The van der Waals surface area contributed by atoms with Gasteiger partial charge in [0.2, 0.25) is 0 Å². The first kappa shape index (κ1) is 12.1. The molecular weight excluding hydrogens is 226 g/mol. The Morgan fingerprint density at radius 2 is 2.06 bits per heavy atom. The number of nitrogens with two attached hydrogens (primary N) is 1. The maximum absolute atomic E-state index is 5.87. The Labute approximate surface area is 108 Å². The highest BCUT2D eigenvalue weighted by Crippen LogP contribution is 2.33. The molecule has 2 N–H and O–H groups in total. The summed E-state index contributed by atoms with van der Waals surface area (Å²) in [6.45, 7) is 1.90. The quantitative estimate of drug-likeness (QED) is 0.884. The van der Waals surface area contributed by atoms with Gasteiger partial charge < -0.3 is 10.5 Å². The fraction of sp³-hybridized carbons (Fsp3) is 0.714. The van der Waals surface area contributed by atoms with Crippen molar-refractivity contribution in [3.05, 3.63) is 23.8 Å². The lowest BCUT2D eigenvalue weighted by molar-refractivity contribution is -0.0595. The van der Waals surface area contributed by atoms with Crippen LogP contribution in [0.4, 0.5) is 0 Å². The maximum atomic E-state index is 5.87. The van der Waals surface area contributed by atoms with Crippen LogP contribution in [0.5, 0.6) is 0 Å². The van der Waals surface area contributed by atoms with Gasteiger partial charge >= 0.3 is 0 Å². The molecule has 1 saturated heterocycles. The lowest BCUT2D eigenvalue weighted by atomic mass is 9.84. The molecule has 18 heavy (non-hydrogen) atoms. The molecule has 0 bridgehead atoms. The van der Waals surface area contributed by atoms with Crippen molar-refractivity contribution in [3.63, 3.8) is 0 Å². The minimum absolute atomic E-state index is 0.120. The van der Waals surface area contributed by atoms with Crippen LogP contribution in [0, 0.1) is 0 Å². The van der Waals surface area contributed by atoms with E-state index in [-0.39, 0.29) is 5.41 Å². The van der Waals surface area contributed by atoms with E-state index in [2.05, 4.69) is 11.1 Å². The van der Waals surface area contributed by atoms with Gasteiger partial charge in [-0.1, -0.05) is 19.3 Å². The van der Waals surface area contributed by atoms with Gasteiger partial charge in [-0.15, -0.1) is 0 Å². The van der Waals surface area contributed by atoms with Crippen LogP contribution in [0.1, 0.15) is 49.5 Å². The first-order valence-electron chi connectivity index (χ1n) is 6.95. The summed E-state index contributed by atoms with van der Waals surface area (Å²) in [5.74, 6) is 1.51. The molecule has 3 rings (SSSR count). The molecule has 1 aromatic heterocycles. The van der Waals surface area contributed by atoms with E-state index in [0.29, 0.717) is 25.7 Å². The van der Waals surface area contributed by atoms with Crippen LogP contribution in [0.3, 0.4) is 0 Å². The van der Waals surface area contributed by atoms with Crippen LogP contribution in [-0.2, 0) is 10.2 Å². The van der Waals surface area contributed by atoms with E-state index < -0.39 is 0 Å². The van der Waals surface area contributed by atoms with Gasteiger partial charge in [-0.3, -0.25) is 0 Å². The summed E-state index contributed by atoms with van der Waals surface area (Å²) in [7, 11) is 0. The van der Waals surface area contributed by atoms with Crippen LogP contribution in [-0.4, -0.2) is 29.7 Å². The van der Waals surface area contributed by atoms with E-state index in [1.807, 2.05) is 6.20 Å². The second-order valence-corrected chi connectivity index (χ2v) is 5.62. The van der Waals surface area contributed by atoms with Crippen molar-refractivity contribution in [3.8, 4) is 0 Å². The number of nitrogens with zero attached hydrogens (tertiary/aromatic N) is 2. The van der Waals surface area contributed by atoms with E-state index in [0.717, 1.165) is 5.82 Å². The van der Waals surface area contributed by atoms with Crippen LogP contribution >= 0.6 is 0 Å². The van der Waals surface area contributed by atoms with Crippen molar-refractivity contribution >= 4 is 0 Å². The number of ether oxygens (including phenoxy) is 1. The smallest absolute Gasteiger partial charge is 0.140 e. The minimum atomic E-state index is -0.120. The summed E-state index contributed by atoms with van der Waals surface area (Å²) in [5, 5.41) is 0. The molecule has 0 spiro atoms. The van der Waals surface area contributed by atoms with Crippen molar-refractivity contribution in [2.75, 3.05) is 19.8 Å². The number of hydrogen-bond donors (Lipinski definition) is 1. The van der Waals surface area contributed by atoms with Gasteiger partial charge in [0.1, 0.15) is 5.82 Å². The summed E-state index contributed by atoms with van der Waals surface area (Å²) in [6, 6.07) is 2.07. The standard InChI is InChI=1S/C14H21N3O/c15-8-14(9-18-10-14)13-16-7-6-12(17-13)11-4-2-1-3-5-11/h6-7,11H,1-5,8-10,15H2. The second-order valence-electron chi connectivity index (χ2n) is 5.62. The third-order valence-corrected chi connectivity index (χ3v) is 4.32. The highest BCUT2D eigenvalue weighted by molar-refractivity contribution is 5.18. The van der Waals surface area contributed by atoms with E-state index in [9.17, 15) is 0 Å². The summed E-state index contributed by atoms with van der Waals surface area (Å²) < 4.78 is 5.31. The van der Waals surface area contributed by atoms with Crippen molar-refractivity contribution < 1.29 is 4.74 Å². The normalized spacial score (nSPS) is 23.6. The van der Waals surface area contributed by atoms with E-state index in [1.165, 1.54) is 37.8 Å². The van der Waals surface area contributed by atoms with Gasteiger partial charge in [-0.2, -0.15) is 0 Å². The molecule has 0 amide bonds. The number of hydrogen-bond acceptors (Lipinski definition) is 4. The largest absolute Gasteiger partial charge is 0.379 e. The highest BCUT2D eigenvalue weighted by atomic mass is 16.5. The zero-order valence-corrected chi connectivity index (χ0v) is 10.8. The molecule has 2 fully saturated rings. The van der Waals surface area contributed by atoms with Crippen LogP contribution in [0.15, 0.2) is 12.3 Å². The molecule has 4 nitrogen and oxygen atoms in total. The van der Waals surface area contributed by atoms with Crippen molar-refractivity contribution in [1.29, 1.82) is 0 Å². The monoisotopic (exact) mass is 247 g/mol. The molecule has 0 atom stereocenters. The predicted octanol–water partition coefficient (Wildman–Crippen LogP) is 1.75. The lowest BCUT2D eigenvalue weighted by Gasteiger charge is -2.39. The maximum Gasteiger partial charge on any atom is 0.140 e. The Hall–Kier alpha value is -1.00. The molecule has 1 saturated carbocycles. The van der Waals surface area contributed by atoms with Crippen LogP contribution in [0.25, 0.3) is 0 Å². The van der Waals surface area contributed by atoms with Gasteiger partial charge in [0.05, 0.1) is 18.6 Å². The summed E-state index contributed by atoms with van der Waals surface area (Å²) in [6.07, 6.45) is 8.45. The van der Waals surface area contributed by atoms with Crippen molar-refractivity contribution in [1.82, 2.24) is 9.97 Å². The molecule has 0 radical (unpaired) electrons.